The van der Waals surface area contributed by atoms with E-state index in [0.29, 0.717) is 5.75 Å². The zero-order chi connectivity index (χ0) is 15.8. The minimum absolute atomic E-state index is 0.0303. The summed E-state index contributed by atoms with van der Waals surface area (Å²) in [6.07, 6.45) is 10.9. The zero-order valence-corrected chi connectivity index (χ0v) is 14.2. The standard InChI is InChI=1S/C16H27N3O2S/c1-19-14(11-20)10-18-16(19)22-12-15(21)17-9-5-8-13-6-3-2-4-7-13/h10,13,20H,2-9,11-12H2,1H3,(H,17,21). The molecule has 1 aromatic rings. The molecule has 0 unspecified atom stereocenters. The molecule has 1 aliphatic rings. The fourth-order valence-electron chi connectivity index (χ4n) is 2.98. The highest BCUT2D eigenvalue weighted by Gasteiger charge is 2.13. The van der Waals surface area contributed by atoms with Crippen LogP contribution in [0.15, 0.2) is 11.4 Å². The van der Waals surface area contributed by atoms with E-state index in [1.54, 1.807) is 6.20 Å². The van der Waals surface area contributed by atoms with Gasteiger partial charge in [0.15, 0.2) is 5.16 Å². The van der Waals surface area contributed by atoms with E-state index in [1.807, 2.05) is 11.6 Å². The molecule has 0 bridgehead atoms. The van der Waals surface area contributed by atoms with Crippen molar-refractivity contribution in [2.75, 3.05) is 12.3 Å². The molecule has 124 valence electrons. The summed E-state index contributed by atoms with van der Waals surface area (Å²) < 4.78 is 1.82. The van der Waals surface area contributed by atoms with E-state index >= 15 is 0 Å². The summed E-state index contributed by atoms with van der Waals surface area (Å²) in [6.45, 7) is 0.746. The Balaban J connectivity index is 1.58. The summed E-state index contributed by atoms with van der Waals surface area (Å²) in [4.78, 5) is 16.0. The molecule has 1 aliphatic carbocycles. The molecular formula is C16H27N3O2S. The van der Waals surface area contributed by atoms with E-state index in [-0.39, 0.29) is 12.5 Å². The summed E-state index contributed by atoms with van der Waals surface area (Å²) in [6, 6.07) is 0. The number of nitrogens with one attached hydrogen (secondary N) is 1. The number of carbonyl (C=O) groups excluding carboxylic acids is 1. The van der Waals surface area contributed by atoms with E-state index in [2.05, 4.69) is 10.3 Å². The number of nitrogens with zero attached hydrogens (tertiary/aromatic N) is 2. The Labute approximate surface area is 136 Å². The average Bonchev–Trinajstić information content (AvgIpc) is 2.90. The van der Waals surface area contributed by atoms with Crippen molar-refractivity contribution in [2.24, 2.45) is 13.0 Å². The molecule has 2 N–H and O–H groups in total. The highest BCUT2D eigenvalue weighted by molar-refractivity contribution is 7.99. The van der Waals surface area contributed by atoms with Crippen molar-refractivity contribution in [1.29, 1.82) is 0 Å². The van der Waals surface area contributed by atoms with Gasteiger partial charge in [-0.3, -0.25) is 4.79 Å². The number of thioether (sulfide) groups is 1. The Kier molecular flexibility index (Phi) is 7.25. The molecule has 1 saturated carbocycles. The second kappa shape index (κ2) is 9.20. The lowest BCUT2D eigenvalue weighted by Crippen LogP contribution is -2.26. The molecule has 0 aromatic carbocycles. The molecule has 1 fully saturated rings. The maximum absolute atomic E-state index is 11.8. The van der Waals surface area contributed by atoms with Gasteiger partial charge in [0.2, 0.25) is 5.91 Å². The maximum Gasteiger partial charge on any atom is 0.230 e. The molecule has 6 heteroatoms. The van der Waals surface area contributed by atoms with Crippen LogP contribution in [0.2, 0.25) is 0 Å². The molecule has 22 heavy (non-hydrogen) atoms. The first kappa shape index (κ1) is 17.3. The quantitative estimate of drug-likeness (QED) is 0.569. The number of amides is 1. The zero-order valence-electron chi connectivity index (χ0n) is 13.4. The molecule has 1 amide bonds. The van der Waals surface area contributed by atoms with Gasteiger partial charge in [-0.15, -0.1) is 0 Å². The Bertz CT molecular complexity index is 470. The van der Waals surface area contributed by atoms with Crippen LogP contribution in [0, 0.1) is 5.92 Å². The fourth-order valence-corrected chi connectivity index (χ4v) is 3.78. The SMILES string of the molecule is Cn1c(CO)cnc1SCC(=O)NCCCC1CCCCC1. The summed E-state index contributed by atoms with van der Waals surface area (Å²) in [5.74, 6) is 1.31. The van der Waals surface area contributed by atoms with Gasteiger partial charge < -0.3 is 15.0 Å². The lowest BCUT2D eigenvalue weighted by molar-refractivity contribution is -0.118. The van der Waals surface area contributed by atoms with Gasteiger partial charge in [0.05, 0.1) is 24.3 Å². The predicted molar refractivity (Wildman–Crippen MR) is 88.7 cm³/mol. The van der Waals surface area contributed by atoms with Crippen LogP contribution < -0.4 is 5.32 Å². The third-order valence-electron chi connectivity index (χ3n) is 4.37. The Hall–Kier alpha value is -1.01. The van der Waals surface area contributed by atoms with E-state index in [1.165, 1.54) is 50.3 Å². The second-order valence-electron chi connectivity index (χ2n) is 6.03. The summed E-state index contributed by atoms with van der Waals surface area (Å²) in [5.41, 5.74) is 0.760. The number of aliphatic hydroxyl groups excluding tert-OH is 1. The Morgan fingerprint density at radius 2 is 2.23 bits per heavy atom. The Morgan fingerprint density at radius 3 is 2.91 bits per heavy atom. The molecule has 2 rings (SSSR count). The van der Waals surface area contributed by atoms with Crippen molar-refractivity contribution in [1.82, 2.24) is 14.9 Å². The lowest BCUT2D eigenvalue weighted by atomic mass is 9.86. The number of carbonyl (C=O) groups is 1. The minimum Gasteiger partial charge on any atom is -0.390 e. The number of aliphatic hydroxyl groups is 1. The van der Waals surface area contributed by atoms with Crippen molar-refractivity contribution in [3.63, 3.8) is 0 Å². The Morgan fingerprint density at radius 1 is 1.45 bits per heavy atom. The molecule has 0 radical (unpaired) electrons. The van der Waals surface area contributed by atoms with Crippen LogP contribution in [0.4, 0.5) is 0 Å². The van der Waals surface area contributed by atoms with Gasteiger partial charge in [0.25, 0.3) is 0 Å². The molecule has 1 heterocycles. The van der Waals surface area contributed by atoms with Crippen LogP contribution >= 0.6 is 11.8 Å². The smallest absolute Gasteiger partial charge is 0.230 e. The molecule has 0 atom stereocenters. The molecular weight excluding hydrogens is 298 g/mol. The highest BCUT2D eigenvalue weighted by atomic mass is 32.2. The van der Waals surface area contributed by atoms with Crippen LogP contribution in [0.1, 0.15) is 50.6 Å². The van der Waals surface area contributed by atoms with Crippen LogP contribution in [-0.2, 0) is 18.4 Å². The monoisotopic (exact) mass is 325 g/mol. The van der Waals surface area contributed by atoms with Gasteiger partial charge in [-0.25, -0.2) is 4.98 Å². The molecule has 0 spiro atoms. The maximum atomic E-state index is 11.8. The number of rotatable bonds is 8. The van der Waals surface area contributed by atoms with Crippen molar-refractivity contribution < 1.29 is 9.90 Å². The van der Waals surface area contributed by atoms with E-state index in [9.17, 15) is 4.79 Å². The third-order valence-corrected chi connectivity index (χ3v) is 5.42. The van der Waals surface area contributed by atoms with Gasteiger partial charge in [-0.2, -0.15) is 0 Å². The van der Waals surface area contributed by atoms with Crippen molar-refractivity contribution in [2.45, 2.75) is 56.7 Å². The molecule has 1 aromatic heterocycles. The second-order valence-corrected chi connectivity index (χ2v) is 6.98. The molecule has 0 saturated heterocycles. The minimum atomic E-state index is -0.0303. The number of imidazole rings is 1. The summed E-state index contributed by atoms with van der Waals surface area (Å²) in [5, 5.41) is 12.9. The molecule has 5 nitrogen and oxygen atoms in total. The number of hydrogen-bond donors (Lipinski definition) is 2. The first-order valence-electron chi connectivity index (χ1n) is 8.21. The van der Waals surface area contributed by atoms with Crippen LogP contribution in [0.25, 0.3) is 0 Å². The van der Waals surface area contributed by atoms with Gasteiger partial charge in [0.1, 0.15) is 0 Å². The van der Waals surface area contributed by atoms with Gasteiger partial charge in [-0.05, 0) is 18.8 Å². The average molecular weight is 325 g/mol. The fraction of sp³-hybridized carbons (Fsp3) is 0.750. The first-order valence-corrected chi connectivity index (χ1v) is 9.20. The van der Waals surface area contributed by atoms with E-state index in [4.69, 9.17) is 5.11 Å². The number of aromatic nitrogens is 2. The van der Waals surface area contributed by atoms with Crippen molar-refractivity contribution >= 4 is 17.7 Å². The predicted octanol–water partition coefficient (Wildman–Crippen LogP) is 2.48. The third kappa shape index (κ3) is 5.32. The normalized spacial score (nSPS) is 15.9. The highest BCUT2D eigenvalue weighted by Crippen LogP contribution is 2.26. The van der Waals surface area contributed by atoms with Gasteiger partial charge in [-0.1, -0.05) is 43.9 Å². The van der Waals surface area contributed by atoms with Crippen molar-refractivity contribution in [3.05, 3.63) is 11.9 Å². The summed E-state index contributed by atoms with van der Waals surface area (Å²) >= 11 is 1.41. The number of hydrogen-bond acceptors (Lipinski definition) is 4. The van der Waals surface area contributed by atoms with Gasteiger partial charge >= 0.3 is 0 Å². The van der Waals surface area contributed by atoms with Gasteiger partial charge in [0, 0.05) is 13.6 Å². The van der Waals surface area contributed by atoms with Crippen LogP contribution in [0.5, 0.6) is 0 Å². The van der Waals surface area contributed by atoms with Crippen molar-refractivity contribution in [3.8, 4) is 0 Å². The largest absolute Gasteiger partial charge is 0.390 e. The van der Waals surface area contributed by atoms with Crippen LogP contribution in [0.3, 0.4) is 0 Å². The summed E-state index contributed by atoms with van der Waals surface area (Å²) in [7, 11) is 1.85. The van der Waals surface area contributed by atoms with E-state index in [0.717, 1.165) is 29.7 Å². The van der Waals surface area contributed by atoms with E-state index < -0.39 is 0 Å². The van der Waals surface area contributed by atoms with Crippen LogP contribution in [-0.4, -0.2) is 32.9 Å². The first-order chi connectivity index (χ1) is 10.7. The lowest BCUT2D eigenvalue weighted by Gasteiger charge is -2.21. The topological polar surface area (TPSA) is 67.1 Å². The molecule has 0 aliphatic heterocycles.